The minimum Gasteiger partial charge on any atom is -0.479 e. The summed E-state index contributed by atoms with van der Waals surface area (Å²) in [6.07, 6.45) is -0.606. The second-order valence-corrected chi connectivity index (χ2v) is 4.15. The van der Waals surface area contributed by atoms with Gasteiger partial charge in [-0.1, -0.05) is 0 Å². The number of hydrogen-bond donors (Lipinski definition) is 0. The zero-order valence-electron chi connectivity index (χ0n) is 10.7. The van der Waals surface area contributed by atoms with E-state index in [4.69, 9.17) is 9.47 Å². The minimum absolute atomic E-state index is 0.0767. The Labute approximate surface area is 109 Å². The number of hydrogen-bond acceptors (Lipinski definition) is 5. The van der Waals surface area contributed by atoms with Crippen LogP contribution in [0.25, 0.3) is 0 Å². The molecule has 1 aliphatic heterocycles. The highest BCUT2D eigenvalue weighted by molar-refractivity contribution is 6.00. The van der Waals surface area contributed by atoms with E-state index in [1.165, 1.54) is 30.2 Å². The fourth-order valence-corrected chi connectivity index (χ4v) is 1.92. The molecule has 0 aromatic heterocycles. The van der Waals surface area contributed by atoms with Crippen LogP contribution in [0.2, 0.25) is 0 Å². The summed E-state index contributed by atoms with van der Waals surface area (Å²) >= 11 is 0. The molecule has 0 aliphatic carbocycles. The van der Waals surface area contributed by atoms with Crippen LogP contribution in [-0.2, 0) is 9.53 Å². The number of amides is 1. The number of methoxy groups -OCH3 is 1. The third kappa shape index (κ3) is 2.50. The number of anilines is 1. The van der Waals surface area contributed by atoms with Crippen molar-refractivity contribution in [2.24, 2.45) is 0 Å². The number of ether oxygens (including phenoxy) is 2. The lowest BCUT2D eigenvalue weighted by atomic mass is 10.1. The minimum atomic E-state index is -0.606. The molecule has 19 heavy (non-hydrogen) atoms. The molecular formula is C12H14N2O5. The number of nitrogens with zero attached hydrogens (tertiary/aromatic N) is 2. The summed E-state index contributed by atoms with van der Waals surface area (Å²) in [7, 11) is 1.53. The van der Waals surface area contributed by atoms with Crippen LogP contribution < -0.4 is 9.64 Å². The van der Waals surface area contributed by atoms with Crippen molar-refractivity contribution in [2.75, 3.05) is 25.2 Å². The first kappa shape index (κ1) is 13.3. The molecule has 0 bridgehead atoms. The number of non-ortho nitro benzene ring substituents is 1. The highest BCUT2D eigenvalue weighted by atomic mass is 16.6. The Hall–Kier alpha value is -2.15. The van der Waals surface area contributed by atoms with Gasteiger partial charge in [0, 0.05) is 25.8 Å². The zero-order chi connectivity index (χ0) is 14.0. The Morgan fingerprint density at radius 2 is 2.26 bits per heavy atom. The number of carbonyl (C=O) groups excluding carboxylic acids is 1. The van der Waals surface area contributed by atoms with Crippen LogP contribution in [0.15, 0.2) is 18.2 Å². The lowest BCUT2D eigenvalue weighted by Gasteiger charge is -2.32. The van der Waals surface area contributed by atoms with E-state index in [-0.39, 0.29) is 11.6 Å². The lowest BCUT2D eigenvalue weighted by molar-refractivity contribution is -0.384. The summed E-state index contributed by atoms with van der Waals surface area (Å²) in [6.45, 7) is 2.32. The van der Waals surface area contributed by atoms with Gasteiger partial charge < -0.3 is 14.4 Å². The van der Waals surface area contributed by atoms with Gasteiger partial charge in [0.1, 0.15) is 5.75 Å². The Balaban J connectivity index is 2.41. The molecule has 1 atom stereocenters. The van der Waals surface area contributed by atoms with E-state index in [9.17, 15) is 14.9 Å². The quantitative estimate of drug-likeness (QED) is 0.607. The van der Waals surface area contributed by atoms with Gasteiger partial charge in [0.05, 0.1) is 17.2 Å². The van der Waals surface area contributed by atoms with Gasteiger partial charge in [0.25, 0.3) is 11.6 Å². The number of nitro groups is 1. The molecule has 1 amide bonds. The van der Waals surface area contributed by atoms with Crippen molar-refractivity contribution in [1.29, 1.82) is 0 Å². The number of carbonyl (C=O) groups is 1. The van der Waals surface area contributed by atoms with Crippen LogP contribution in [0.5, 0.6) is 5.75 Å². The average molecular weight is 266 g/mol. The van der Waals surface area contributed by atoms with Crippen molar-refractivity contribution in [2.45, 2.75) is 13.0 Å². The van der Waals surface area contributed by atoms with Gasteiger partial charge in [0.2, 0.25) is 0 Å². The number of rotatable bonds is 4. The Bertz CT molecular complexity index is 517. The second-order valence-electron chi connectivity index (χ2n) is 4.15. The molecule has 0 saturated heterocycles. The van der Waals surface area contributed by atoms with Crippen LogP contribution in [-0.4, -0.2) is 37.2 Å². The van der Waals surface area contributed by atoms with Gasteiger partial charge in [-0.25, -0.2) is 0 Å². The van der Waals surface area contributed by atoms with Crippen LogP contribution in [0.4, 0.5) is 11.4 Å². The molecule has 0 N–H and O–H groups in total. The van der Waals surface area contributed by atoms with Crippen LogP contribution in [0.1, 0.15) is 6.92 Å². The Kier molecular flexibility index (Phi) is 3.66. The van der Waals surface area contributed by atoms with Crippen LogP contribution in [0, 0.1) is 10.1 Å². The van der Waals surface area contributed by atoms with Crippen molar-refractivity contribution in [3.8, 4) is 5.75 Å². The topological polar surface area (TPSA) is 81.9 Å². The molecule has 0 fully saturated rings. The third-order valence-electron chi connectivity index (χ3n) is 2.88. The van der Waals surface area contributed by atoms with E-state index >= 15 is 0 Å². The van der Waals surface area contributed by atoms with E-state index in [1.54, 1.807) is 6.92 Å². The van der Waals surface area contributed by atoms with E-state index in [0.29, 0.717) is 24.6 Å². The van der Waals surface area contributed by atoms with Crippen molar-refractivity contribution in [3.05, 3.63) is 28.3 Å². The first-order valence-corrected chi connectivity index (χ1v) is 5.80. The molecule has 0 spiro atoms. The fourth-order valence-electron chi connectivity index (χ4n) is 1.92. The SMILES string of the molecule is COCCN1C(=O)C(C)Oc2ccc([N+](=O)[O-])cc21. The predicted molar refractivity (Wildman–Crippen MR) is 67.4 cm³/mol. The first-order valence-electron chi connectivity index (χ1n) is 5.80. The summed E-state index contributed by atoms with van der Waals surface area (Å²) in [5.41, 5.74) is 0.335. The number of fused-ring (bicyclic) bond motifs is 1. The third-order valence-corrected chi connectivity index (χ3v) is 2.88. The normalized spacial score (nSPS) is 17.9. The smallest absolute Gasteiger partial charge is 0.271 e. The fraction of sp³-hybridized carbons (Fsp3) is 0.417. The molecule has 102 valence electrons. The van der Waals surface area contributed by atoms with Crippen molar-refractivity contribution in [3.63, 3.8) is 0 Å². The maximum Gasteiger partial charge on any atom is 0.271 e. The standard InChI is InChI=1S/C12H14N2O5/c1-8-12(15)13(5-6-18-2)10-7-9(14(16)17)3-4-11(10)19-8/h3-4,7-8H,5-6H2,1-2H3. The molecular weight excluding hydrogens is 252 g/mol. The summed E-state index contributed by atoms with van der Waals surface area (Å²) in [5.74, 6) is 0.235. The van der Waals surface area contributed by atoms with E-state index in [0.717, 1.165) is 0 Å². The molecule has 1 aromatic rings. The maximum absolute atomic E-state index is 12.1. The van der Waals surface area contributed by atoms with Crippen LogP contribution >= 0.6 is 0 Å². The van der Waals surface area contributed by atoms with Gasteiger partial charge in [-0.2, -0.15) is 0 Å². The Morgan fingerprint density at radius 1 is 1.53 bits per heavy atom. The largest absolute Gasteiger partial charge is 0.479 e. The number of nitro benzene ring substituents is 1. The highest BCUT2D eigenvalue weighted by Gasteiger charge is 2.32. The summed E-state index contributed by atoms with van der Waals surface area (Å²) in [6, 6.07) is 4.21. The average Bonchev–Trinajstić information content (AvgIpc) is 2.39. The van der Waals surface area contributed by atoms with E-state index in [2.05, 4.69) is 0 Å². The summed E-state index contributed by atoms with van der Waals surface area (Å²) in [4.78, 5) is 23.8. The molecule has 7 nitrogen and oxygen atoms in total. The summed E-state index contributed by atoms with van der Waals surface area (Å²) < 4.78 is 10.4. The second kappa shape index (κ2) is 5.23. The van der Waals surface area contributed by atoms with Crippen molar-refractivity contribution >= 4 is 17.3 Å². The molecule has 0 saturated carbocycles. The van der Waals surface area contributed by atoms with Gasteiger partial charge in [-0.05, 0) is 13.0 Å². The molecule has 2 rings (SSSR count). The molecule has 1 heterocycles. The van der Waals surface area contributed by atoms with Crippen molar-refractivity contribution < 1.29 is 19.2 Å². The monoisotopic (exact) mass is 266 g/mol. The summed E-state index contributed by atoms with van der Waals surface area (Å²) in [5, 5.41) is 10.8. The molecule has 1 aliphatic rings. The molecule has 1 aromatic carbocycles. The van der Waals surface area contributed by atoms with Gasteiger partial charge in [-0.15, -0.1) is 0 Å². The zero-order valence-corrected chi connectivity index (χ0v) is 10.7. The number of benzene rings is 1. The van der Waals surface area contributed by atoms with Gasteiger partial charge >= 0.3 is 0 Å². The molecule has 0 radical (unpaired) electrons. The molecule has 7 heteroatoms. The van der Waals surface area contributed by atoms with Gasteiger partial charge in [-0.3, -0.25) is 14.9 Å². The lowest BCUT2D eigenvalue weighted by Crippen LogP contribution is -2.45. The first-order chi connectivity index (χ1) is 9.04. The maximum atomic E-state index is 12.1. The van der Waals surface area contributed by atoms with Crippen LogP contribution in [0.3, 0.4) is 0 Å². The predicted octanol–water partition coefficient (Wildman–Crippen LogP) is 1.36. The van der Waals surface area contributed by atoms with E-state index in [1.807, 2.05) is 0 Å². The van der Waals surface area contributed by atoms with Crippen molar-refractivity contribution in [1.82, 2.24) is 0 Å². The Morgan fingerprint density at radius 3 is 2.89 bits per heavy atom. The van der Waals surface area contributed by atoms with Gasteiger partial charge in [0.15, 0.2) is 6.10 Å². The van der Waals surface area contributed by atoms with E-state index < -0.39 is 11.0 Å². The highest BCUT2D eigenvalue weighted by Crippen LogP contribution is 2.36. The molecule has 1 unspecified atom stereocenters.